The molecule has 0 bridgehead atoms. The second kappa shape index (κ2) is 5.47. The molecule has 0 saturated carbocycles. The summed E-state index contributed by atoms with van der Waals surface area (Å²) in [4.78, 5) is 10.4. The summed E-state index contributed by atoms with van der Waals surface area (Å²) in [5, 5.41) is 8.49. The van der Waals surface area contributed by atoms with E-state index in [2.05, 4.69) is 11.8 Å². The normalized spacial score (nSPS) is 13.8. The highest BCUT2D eigenvalue weighted by Crippen LogP contribution is 2.16. The third-order valence-corrected chi connectivity index (χ3v) is 1.57. The zero-order valence-corrected chi connectivity index (χ0v) is 8.39. The SMILES string of the molecule is CCC#CC(C)(CCC)OC(=O)O. The Kier molecular flexibility index (Phi) is 4.98. The Morgan fingerprint density at radius 2 is 2.15 bits per heavy atom. The van der Waals surface area contributed by atoms with E-state index >= 15 is 0 Å². The van der Waals surface area contributed by atoms with Crippen molar-refractivity contribution in [3.63, 3.8) is 0 Å². The van der Waals surface area contributed by atoms with Crippen LogP contribution in [0.25, 0.3) is 0 Å². The molecule has 0 amide bonds. The summed E-state index contributed by atoms with van der Waals surface area (Å²) in [5.41, 5.74) is -0.837. The van der Waals surface area contributed by atoms with E-state index in [1.54, 1.807) is 6.92 Å². The fourth-order valence-corrected chi connectivity index (χ4v) is 1.08. The molecule has 0 aromatic carbocycles. The number of rotatable bonds is 3. The predicted molar refractivity (Wildman–Crippen MR) is 50.5 cm³/mol. The minimum Gasteiger partial charge on any atom is -0.450 e. The summed E-state index contributed by atoms with van der Waals surface area (Å²) in [6.45, 7) is 5.59. The van der Waals surface area contributed by atoms with E-state index in [9.17, 15) is 4.79 Å². The number of ether oxygens (including phenoxy) is 1. The summed E-state index contributed by atoms with van der Waals surface area (Å²) in [7, 11) is 0. The molecule has 1 unspecified atom stereocenters. The summed E-state index contributed by atoms with van der Waals surface area (Å²) in [5.74, 6) is 5.67. The maximum atomic E-state index is 10.4. The van der Waals surface area contributed by atoms with Gasteiger partial charge < -0.3 is 9.84 Å². The lowest BCUT2D eigenvalue weighted by Gasteiger charge is -2.21. The molecular weight excluding hydrogens is 168 g/mol. The van der Waals surface area contributed by atoms with E-state index in [-0.39, 0.29) is 0 Å². The molecule has 0 rings (SSSR count). The lowest BCUT2D eigenvalue weighted by Crippen LogP contribution is -2.29. The van der Waals surface area contributed by atoms with E-state index in [1.807, 2.05) is 13.8 Å². The second-order valence-corrected chi connectivity index (χ2v) is 3.00. The molecule has 0 aromatic heterocycles. The zero-order chi connectivity index (χ0) is 10.3. The molecule has 0 radical (unpaired) electrons. The van der Waals surface area contributed by atoms with Gasteiger partial charge in [-0.05, 0) is 13.3 Å². The first-order valence-corrected chi connectivity index (χ1v) is 4.46. The molecular formula is C10H16O3. The Balaban J connectivity index is 4.41. The molecule has 3 nitrogen and oxygen atoms in total. The van der Waals surface area contributed by atoms with Crippen LogP contribution in [0.2, 0.25) is 0 Å². The first-order valence-electron chi connectivity index (χ1n) is 4.46. The molecule has 13 heavy (non-hydrogen) atoms. The van der Waals surface area contributed by atoms with Crippen LogP contribution in [0.1, 0.15) is 40.0 Å². The summed E-state index contributed by atoms with van der Waals surface area (Å²) in [6, 6.07) is 0. The van der Waals surface area contributed by atoms with Gasteiger partial charge in [0, 0.05) is 6.42 Å². The van der Waals surface area contributed by atoms with Gasteiger partial charge in [0.05, 0.1) is 0 Å². The first-order chi connectivity index (χ1) is 6.04. The van der Waals surface area contributed by atoms with Crippen molar-refractivity contribution in [2.24, 2.45) is 0 Å². The van der Waals surface area contributed by atoms with Gasteiger partial charge in [-0.25, -0.2) is 4.79 Å². The summed E-state index contributed by atoms with van der Waals surface area (Å²) < 4.78 is 4.72. The Labute approximate surface area is 79.1 Å². The quantitative estimate of drug-likeness (QED) is 0.541. The van der Waals surface area contributed by atoms with Crippen LogP contribution >= 0.6 is 0 Å². The van der Waals surface area contributed by atoms with Crippen LogP contribution in [0, 0.1) is 11.8 Å². The van der Waals surface area contributed by atoms with Crippen molar-refractivity contribution < 1.29 is 14.6 Å². The third kappa shape index (κ3) is 5.13. The average molecular weight is 184 g/mol. The van der Waals surface area contributed by atoms with Crippen LogP contribution in [0.15, 0.2) is 0 Å². The van der Waals surface area contributed by atoms with E-state index in [1.165, 1.54) is 0 Å². The smallest absolute Gasteiger partial charge is 0.450 e. The second-order valence-electron chi connectivity index (χ2n) is 3.00. The van der Waals surface area contributed by atoms with Crippen molar-refractivity contribution in [3.8, 4) is 11.8 Å². The highest BCUT2D eigenvalue weighted by molar-refractivity contribution is 5.58. The van der Waals surface area contributed by atoms with Crippen LogP contribution < -0.4 is 0 Å². The molecule has 3 heteroatoms. The van der Waals surface area contributed by atoms with Gasteiger partial charge in [0.25, 0.3) is 0 Å². The number of hydrogen-bond donors (Lipinski definition) is 1. The highest BCUT2D eigenvalue weighted by Gasteiger charge is 2.24. The van der Waals surface area contributed by atoms with E-state index in [0.29, 0.717) is 12.8 Å². The Bertz CT molecular complexity index is 224. The van der Waals surface area contributed by atoms with Crippen molar-refractivity contribution in [1.29, 1.82) is 0 Å². The molecule has 1 N–H and O–H groups in total. The van der Waals surface area contributed by atoms with Crippen molar-refractivity contribution in [2.45, 2.75) is 45.6 Å². The van der Waals surface area contributed by atoms with Crippen molar-refractivity contribution >= 4 is 6.16 Å². The van der Waals surface area contributed by atoms with Gasteiger partial charge in [-0.2, -0.15) is 0 Å². The third-order valence-electron chi connectivity index (χ3n) is 1.57. The molecule has 0 aromatic rings. The van der Waals surface area contributed by atoms with Gasteiger partial charge in [-0.1, -0.05) is 32.1 Å². The lowest BCUT2D eigenvalue weighted by molar-refractivity contribution is 0.0213. The lowest BCUT2D eigenvalue weighted by atomic mass is 10.0. The molecule has 74 valence electrons. The van der Waals surface area contributed by atoms with Crippen LogP contribution in [0.3, 0.4) is 0 Å². The van der Waals surface area contributed by atoms with Gasteiger partial charge in [0.1, 0.15) is 0 Å². The number of carboxylic acid groups (broad SMARTS) is 1. The topological polar surface area (TPSA) is 46.5 Å². The van der Waals surface area contributed by atoms with Crippen LogP contribution in [0.4, 0.5) is 4.79 Å². The molecule has 0 saturated heterocycles. The van der Waals surface area contributed by atoms with E-state index in [0.717, 1.165) is 6.42 Å². The standard InChI is InChI=1S/C10H16O3/c1-4-6-8-10(3,7-5-2)13-9(11)12/h4-5,7H2,1-3H3,(H,11,12). The Hall–Kier alpha value is -1.17. The minimum absolute atomic E-state index is 0.631. The van der Waals surface area contributed by atoms with E-state index in [4.69, 9.17) is 9.84 Å². The molecule has 0 aliphatic heterocycles. The fraction of sp³-hybridized carbons (Fsp3) is 0.700. The van der Waals surface area contributed by atoms with Gasteiger partial charge in [-0.3, -0.25) is 0 Å². The Morgan fingerprint density at radius 1 is 1.54 bits per heavy atom. The first kappa shape index (κ1) is 11.8. The minimum atomic E-state index is -1.26. The Morgan fingerprint density at radius 3 is 2.54 bits per heavy atom. The number of hydrogen-bond acceptors (Lipinski definition) is 2. The van der Waals surface area contributed by atoms with Crippen molar-refractivity contribution in [2.75, 3.05) is 0 Å². The molecule has 0 spiro atoms. The van der Waals surface area contributed by atoms with Crippen molar-refractivity contribution in [3.05, 3.63) is 0 Å². The van der Waals surface area contributed by atoms with Gasteiger partial charge in [0.15, 0.2) is 5.60 Å². The van der Waals surface area contributed by atoms with Gasteiger partial charge >= 0.3 is 6.16 Å². The average Bonchev–Trinajstić information content (AvgIpc) is 2.00. The summed E-state index contributed by atoms with van der Waals surface area (Å²) in [6.07, 6.45) is 0.929. The summed E-state index contributed by atoms with van der Waals surface area (Å²) >= 11 is 0. The van der Waals surface area contributed by atoms with Crippen LogP contribution in [-0.2, 0) is 4.74 Å². The molecule has 0 aliphatic rings. The van der Waals surface area contributed by atoms with E-state index < -0.39 is 11.8 Å². The van der Waals surface area contributed by atoms with Gasteiger partial charge in [-0.15, -0.1) is 0 Å². The molecule has 1 atom stereocenters. The van der Waals surface area contributed by atoms with Crippen molar-refractivity contribution in [1.82, 2.24) is 0 Å². The molecule has 0 heterocycles. The predicted octanol–water partition coefficient (Wildman–Crippen LogP) is 2.65. The highest BCUT2D eigenvalue weighted by atomic mass is 16.7. The van der Waals surface area contributed by atoms with Crippen LogP contribution in [0.5, 0.6) is 0 Å². The monoisotopic (exact) mass is 184 g/mol. The zero-order valence-electron chi connectivity index (χ0n) is 8.39. The maximum Gasteiger partial charge on any atom is 0.507 e. The molecule has 0 aliphatic carbocycles. The largest absolute Gasteiger partial charge is 0.507 e. The van der Waals surface area contributed by atoms with Crippen LogP contribution in [-0.4, -0.2) is 16.9 Å². The molecule has 0 fully saturated rings. The maximum absolute atomic E-state index is 10.4. The fourth-order valence-electron chi connectivity index (χ4n) is 1.08. The number of carbonyl (C=O) groups is 1. The van der Waals surface area contributed by atoms with Gasteiger partial charge in [0.2, 0.25) is 0 Å².